The van der Waals surface area contributed by atoms with E-state index in [1.54, 1.807) is 11.3 Å². The van der Waals surface area contributed by atoms with Crippen molar-refractivity contribution in [3.63, 3.8) is 0 Å². The topological polar surface area (TPSA) is 24.9 Å². The second-order valence-corrected chi connectivity index (χ2v) is 5.98. The first-order chi connectivity index (χ1) is 7.66. The number of aromatic nitrogens is 1. The van der Waals surface area contributed by atoms with E-state index >= 15 is 0 Å². The third-order valence-electron chi connectivity index (χ3n) is 2.05. The van der Waals surface area contributed by atoms with E-state index in [-0.39, 0.29) is 0 Å². The number of nitrogens with one attached hydrogen (secondary N) is 1. The van der Waals surface area contributed by atoms with Crippen molar-refractivity contribution in [1.82, 2.24) is 4.98 Å². The number of hydrogen-bond acceptors (Lipinski definition) is 3. The van der Waals surface area contributed by atoms with Gasteiger partial charge in [0.1, 0.15) is 5.01 Å². The van der Waals surface area contributed by atoms with Crippen LogP contribution in [0.3, 0.4) is 0 Å². The summed E-state index contributed by atoms with van der Waals surface area (Å²) in [5.41, 5.74) is 2.14. The summed E-state index contributed by atoms with van der Waals surface area (Å²) in [7, 11) is 0. The number of hydrogen-bond donors (Lipinski definition) is 1. The quantitative estimate of drug-likeness (QED) is 0.864. The summed E-state index contributed by atoms with van der Waals surface area (Å²) in [5, 5.41) is 6.52. The van der Waals surface area contributed by atoms with Crippen LogP contribution >= 0.6 is 43.2 Å². The van der Waals surface area contributed by atoms with Gasteiger partial charge >= 0.3 is 0 Å². The minimum atomic E-state index is 0.750. The highest BCUT2D eigenvalue weighted by atomic mass is 79.9. The van der Waals surface area contributed by atoms with E-state index in [1.165, 1.54) is 0 Å². The Morgan fingerprint density at radius 2 is 2.00 bits per heavy atom. The molecule has 0 radical (unpaired) electrons. The number of halogens is 2. The van der Waals surface area contributed by atoms with E-state index in [0.717, 1.165) is 31.9 Å². The van der Waals surface area contributed by atoms with E-state index in [0.29, 0.717) is 0 Å². The smallest absolute Gasteiger partial charge is 0.112 e. The molecular weight excluding hydrogens is 352 g/mol. The minimum absolute atomic E-state index is 0.750. The van der Waals surface area contributed by atoms with E-state index in [4.69, 9.17) is 0 Å². The number of benzene rings is 1. The van der Waals surface area contributed by atoms with Crippen LogP contribution in [0.2, 0.25) is 0 Å². The van der Waals surface area contributed by atoms with Crippen molar-refractivity contribution in [2.45, 2.75) is 13.5 Å². The Morgan fingerprint density at radius 3 is 2.56 bits per heavy atom. The van der Waals surface area contributed by atoms with Gasteiger partial charge in [-0.3, -0.25) is 0 Å². The molecule has 1 N–H and O–H groups in total. The molecule has 0 aliphatic rings. The Hall–Kier alpha value is -0.390. The maximum atomic E-state index is 4.41. The average Bonchev–Trinajstić information content (AvgIpc) is 2.63. The summed E-state index contributed by atoms with van der Waals surface area (Å²) < 4.78 is 2.10. The molecule has 1 aromatic carbocycles. The van der Waals surface area contributed by atoms with Crippen molar-refractivity contribution < 1.29 is 0 Å². The second-order valence-electron chi connectivity index (χ2n) is 3.33. The van der Waals surface area contributed by atoms with Gasteiger partial charge in [0, 0.05) is 20.0 Å². The first kappa shape index (κ1) is 12.1. The molecule has 0 saturated carbocycles. The Balaban J connectivity index is 2.10. The average molecular weight is 362 g/mol. The number of thiazole rings is 1. The molecule has 2 nitrogen and oxygen atoms in total. The molecule has 0 atom stereocenters. The Kier molecular flexibility index (Phi) is 4.00. The molecule has 84 valence electrons. The van der Waals surface area contributed by atoms with E-state index in [2.05, 4.69) is 47.5 Å². The van der Waals surface area contributed by atoms with E-state index < -0.39 is 0 Å². The maximum Gasteiger partial charge on any atom is 0.112 e. The van der Waals surface area contributed by atoms with Crippen LogP contribution < -0.4 is 5.32 Å². The number of aryl methyl sites for hydroxylation is 1. The first-order valence-corrected chi connectivity index (χ1v) is 7.22. The van der Waals surface area contributed by atoms with Crippen LogP contribution in [0.15, 0.2) is 32.5 Å². The molecule has 2 aromatic rings. The minimum Gasteiger partial charge on any atom is -0.377 e. The van der Waals surface area contributed by atoms with Gasteiger partial charge in [0.15, 0.2) is 0 Å². The van der Waals surface area contributed by atoms with Gasteiger partial charge in [-0.1, -0.05) is 6.07 Å². The van der Waals surface area contributed by atoms with Gasteiger partial charge in [-0.05, 0) is 50.9 Å². The highest BCUT2D eigenvalue weighted by Crippen LogP contribution is 2.31. The van der Waals surface area contributed by atoms with Crippen molar-refractivity contribution in [1.29, 1.82) is 0 Å². The first-order valence-electron chi connectivity index (χ1n) is 4.75. The molecule has 16 heavy (non-hydrogen) atoms. The van der Waals surface area contributed by atoms with Crippen LogP contribution in [-0.2, 0) is 6.54 Å². The standard InChI is InChI=1S/C11H10Br2N2S/c1-7-6-16-10(15-7)5-14-11-8(12)3-2-4-9(11)13/h2-4,6,14H,5H2,1H3. The molecule has 0 bridgehead atoms. The molecule has 0 spiro atoms. The fourth-order valence-corrected chi connectivity index (χ4v) is 3.30. The zero-order valence-corrected chi connectivity index (χ0v) is 12.6. The lowest BCUT2D eigenvalue weighted by Gasteiger charge is -2.08. The highest BCUT2D eigenvalue weighted by molar-refractivity contribution is 9.11. The van der Waals surface area contributed by atoms with E-state index in [1.807, 2.05) is 25.1 Å². The zero-order chi connectivity index (χ0) is 11.5. The van der Waals surface area contributed by atoms with Crippen LogP contribution in [0.4, 0.5) is 5.69 Å². The van der Waals surface area contributed by atoms with Crippen molar-refractivity contribution >= 4 is 48.9 Å². The van der Waals surface area contributed by atoms with Crippen LogP contribution in [0.1, 0.15) is 10.7 Å². The Labute approximate surface area is 115 Å². The van der Waals surface area contributed by atoms with Crippen molar-refractivity contribution in [3.8, 4) is 0 Å². The molecule has 5 heteroatoms. The van der Waals surface area contributed by atoms with E-state index in [9.17, 15) is 0 Å². The van der Waals surface area contributed by atoms with Crippen molar-refractivity contribution in [2.24, 2.45) is 0 Å². The molecule has 0 amide bonds. The van der Waals surface area contributed by atoms with Crippen molar-refractivity contribution in [3.05, 3.63) is 43.2 Å². The van der Waals surface area contributed by atoms with Crippen LogP contribution in [-0.4, -0.2) is 4.98 Å². The zero-order valence-electron chi connectivity index (χ0n) is 8.63. The number of nitrogens with zero attached hydrogens (tertiary/aromatic N) is 1. The lowest BCUT2D eigenvalue weighted by Crippen LogP contribution is -2.00. The summed E-state index contributed by atoms with van der Waals surface area (Å²) in [4.78, 5) is 4.41. The van der Waals surface area contributed by atoms with Gasteiger partial charge in [-0.15, -0.1) is 11.3 Å². The third-order valence-corrected chi connectivity index (χ3v) is 4.33. The van der Waals surface area contributed by atoms with Gasteiger partial charge < -0.3 is 5.32 Å². The number of para-hydroxylation sites is 1. The molecule has 1 aromatic heterocycles. The van der Waals surface area contributed by atoms with Crippen molar-refractivity contribution in [2.75, 3.05) is 5.32 Å². The summed E-state index contributed by atoms with van der Waals surface area (Å²) in [6.45, 7) is 2.76. The lowest BCUT2D eigenvalue weighted by atomic mass is 10.3. The molecule has 1 heterocycles. The molecule has 0 aliphatic carbocycles. The third kappa shape index (κ3) is 2.84. The molecule has 0 aliphatic heterocycles. The summed E-state index contributed by atoms with van der Waals surface area (Å²) >= 11 is 8.71. The summed E-state index contributed by atoms with van der Waals surface area (Å²) in [6, 6.07) is 6.02. The van der Waals surface area contributed by atoms with Gasteiger partial charge in [0.2, 0.25) is 0 Å². The Morgan fingerprint density at radius 1 is 1.31 bits per heavy atom. The predicted molar refractivity (Wildman–Crippen MR) is 76.0 cm³/mol. The monoisotopic (exact) mass is 360 g/mol. The molecule has 2 rings (SSSR count). The van der Waals surface area contributed by atoms with Crippen LogP contribution in [0.5, 0.6) is 0 Å². The fourth-order valence-electron chi connectivity index (χ4n) is 1.31. The molecular formula is C11H10Br2N2S. The van der Waals surface area contributed by atoms with Crippen LogP contribution in [0.25, 0.3) is 0 Å². The second kappa shape index (κ2) is 5.29. The summed E-state index contributed by atoms with van der Waals surface area (Å²) in [5.74, 6) is 0. The highest BCUT2D eigenvalue weighted by Gasteiger charge is 2.05. The largest absolute Gasteiger partial charge is 0.377 e. The van der Waals surface area contributed by atoms with Gasteiger partial charge in [0.25, 0.3) is 0 Å². The molecule has 0 saturated heterocycles. The number of anilines is 1. The fraction of sp³-hybridized carbons (Fsp3) is 0.182. The number of rotatable bonds is 3. The normalized spacial score (nSPS) is 10.4. The van der Waals surface area contributed by atoms with Gasteiger partial charge in [-0.2, -0.15) is 0 Å². The predicted octanol–water partition coefficient (Wildman–Crippen LogP) is 4.59. The molecule has 0 unspecified atom stereocenters. The molecule has 0 fully saturated rings. The Bertz CT molecular complexity index is 476. The van der Waals surface area contributed by atoms with Gasteiger partial charge in [-0.25, -0.2) is 4.98 Å². The maximum absolute atomic E-state index is 4.41. The van der Waals surface area contributed by atoms with Crippen LogP contribution in [0, 0.1) is 6.92 Å². The summed E-state index contributed by atoms with van der Waals surface area (Å²) in [6.07, 6.45) is 0. The van der Waals surface area contributed by atoms with Gasteiger partial charge in [0.05, 0.1) is 12.2 Å². The lowest BCUT2D eigenvalue weighted by molar-refractivity contribution is 1.07. The SMILES string of the molecule is Cc1csc(CNc2c(Br)cccc2Br)n1.